The van der Waals surface area contributed by atoms with E-state index in [0.29, 0.717) is 5.92 Å². The van der Waals surface area contributed by atoms with Gasteiger partial charge in [0, 0.05) is 16.8 Å². The van der Waals surface area contributed by atoms with E-state index < -0.39 is 0 Å². The highest BCUT2D eigenvalue weighted by molar-refractivity contribution is 9.09. The van der Waals surface area contributed by atoms with Gasteiger partial charge in [-0.05, 0) is 49.7 Å². The quantitative estimate of drug-likeness (QED) is 0.586. The van der Waals surface area contributed by atoms with Crippen molar-refractivity contribution in [3.63, 3.8) is 0 Å². The zero-order valence-corrected chi connectivity index (χ0v) is 14.6. The van der Waals surface area contributed by atoms with E-state index in [4.69, 9.17) is 0 Å². The van der Waals surface area contributed by atoms with Gasteiger partial charge in [0.2, 0.25) is 0 Å². The van der Waals surface area contributed by atoms with Crippen molar-refractivity contribution in [2.24, 2.45) is 5.92 Å². The molecule has 2 rings (SSSR count). The number of alkyl halides is 1. The van der Waals surface area contributed by atoms with Gasteiger partial charge < -0.3 is 5.32 Å². The van der Waals surface area contributed by atoms with Crippen LogP contribution in [0.3, 0.4) is 0 Å². The SMILES string of the molecule is CCC(CCBr)CNC(=O)c1cc2c(s1)CCCCC2. The summed E-state index contributed by atoms with van der Waals surface area (Å²) in [5, 5.41) is 4.12. The molecule has 1 aromatic rings. The van der Waals surface area contributed by atoms with Gasteiger partial charge in [-0.15, -0.1) is 11.3 Å². The zero-order valence-electron chi connectivity index (χ0n) is 12.2. The number of thiophene rings is 1. The van der Waals surface area contributed by atoms with Crippen molar-refractivity contribution in [2.75, 3.05) is 11.9 Å². The molecule has 1 atom stereocenters. The maximum atomic E-state index is 12.3. The summed E-state index contributed by atoms with van der Waals surface area (Å²) in [5.74, 6) is 0.701. The Bertz CT molecular complexity index is 420. The lowest BCUT2D eigenvalue weighted by Gasteiger charge is -2.13. The van der Waals surface area contributed by atoms with Gasteiger partial charge >= 0.3 is 0 Å². The number of fused-ring (bicyclic) bond motifs is 1. The second kappa shape index (κ2) is 8.18. The van der Waals surface area contributed by atoms with E-state index in [-0.39, 0.29) is 5.91 Å². The monoisotopic (exact) mass is 357 g/mol. The van der Waals surface area contributed by atoms with Crippen molar-refractivity contribution in [3.05, 3.63) is 21.4 Å². The first kappa shape index (κ1) is 16.0. The Kier molecular flexibility index (Phi) is 6.56. The van der Waals surface area contributed by atoms with Gasteiger partial charge in [0.05, 0.1) is 4.88 Å². The van der Waals surface area contributed by atoms with E-state index in [1.54, 1.807) is 11.3 Å². The number of hydrogen-bond donors (Lipinski definition) is 1. The Labute approximate surface area is 134 Å². The average molecular weight is 358 g/mol. The number of amides is 1. The summed E-state index contributed by atoms with van der Waals surface area (Å²) in [6, 6.07) is 2.13. The molecule has 0 spiro atoms. The van der Waals surface area contributed by atoms with Gasteiger partial charge in [-0.3, -0.25) is 4.79 Å². The fraction of sp³-hybridized carbons (Fsp3) is 0.688. The molecule has 2 nitrogen and oxygen atoms in total. The van der Waals surface area contributed by atoms with E-state index in [2.05, 4.69) is 34.2 Å². The molecule has 1 aromatic heterocycles. The number of carbonyl (C=O) groups is 1. The van der Waals surface area contributed by atoms with E-state index in [9.17, 15) is 4.79 Å². The lowest BCUT2D eigenvalue weighted by Crippen LogP contribution is -2.28. The fourth-order valence-corrected chi connectivity index (χ4v) is 4.53. The van der Waals surface area contributed by atoms with Gasteiger partial charge in [0.15, 0.2) is 0 Å². The topological polar surface area (TPSA) is 29.1 Å². The largest absolute Gasteiger partial charge is 0.351 e. The Morgan fingerprint density at radius 1 is 1.40 bits per heavy atom. The van der Waals surface area contributed by atoms with Crippen LogP contribution in [0, 0.1) is 5.92 Å². The molecule has 0 bridgehead atoms. The van der Waals surface area contributed by atoms with Crippen molar-refractivity contribution in [1.29, 1.82) is 0 Å². The van der Waals surface area contributed by atoms with Gasteiger partial charge in [-0.2, -0.15) is 0 Å². The van der Waals surface area contributed by atoms with Gasteiger partial charge in [-0.1, -0.05) is 35.7 Å². The van der Waals surface area contributed by atoms with Crippen molar-refractivity contribution in [3.8, 4) is 0 Å². The molecule has 0 fully saturated rings. The van der Waals surface area contributed by atoms with Gasteiger partial charge in [0.1, 0.15) is 0 Å². The zero-order chi connectivity index (χ0) is 14.4. The van der Waals surface area contributed by atoms with E-state index in [1.165, 1.54) is 29.7 Å². The van der Waals surface area contributed by atoms with Crippen molar-refractivity contribution in [2.45, 2.75) is 51.9 Å². The molecule has 0 radical (unpaired) electrons. The Balaban J connectivity index is 1.92. The first-order valence-electron chi connectivity index (χ1n) is 7.70. The molecule has 1 N–H and O–H groups in total. The van der Waals surface area contributed by atoms with Crippen LogP contribution in [0.15, 0.2) is 6.07 Å². The molecular weight excluding hydrogens is 334 g/mol. The molecule has 0 saturated heterocycles. The summed E-state index contributed by atoms with van der Waals surface area (Å²) in [4.78, 5) is 14.6. The van der Waals surface area contributed by atoms with Crippen LogP contribution < -0.4 is 5.32 Å². The van der Waals surface area contributed by atoms with Crippen molar-refractivity contribution >= 4 is 33.2 Å². The minimum Gasteiger partial charge on any atom is -0.351 e. The average Bonchev–Trinajstić information content (AvgIpc) is 2.74. The number of hydrogen-bond acceptors (Lipinski definition) is 2. The van der Waals surface area contributed by atoms with Crippen LogP contribution in [0.5, 0.6) is 0 Å². The number of rotatable bonds is 6. The fourth-order valence-electron chi connectivity index (χ4n) is 2.71. The molecule has 1 amide bonds. The maximum absolute atomic E-state index is 12.3. The molecule has 1 heterocycles. The molecule has 1 unspecified atom stereocenters. The number of aryl methyl sites for hydroxylation is 2. The highest BCUT2D eigenvalue weighted by Gasteiger charge is 2.17. The summed E-state index contributed by atoms with van der Waals surface area (Å²) >= 11 is 5.19. The Morgan fingerprint density at radius 2 is 2.20 bits per heavy atom. The molecule has 20 heavy (non-hydrogen) atoms. The Hall–Kier alpha value is -0.350. The van der Waals surface area contributed by atoms with Crippen LogP contribution in [-0.4, -0.2) is 17.8 Å². The number of carbonyl (C=O) groups excluding carboxylic acids is 1. The standard InChI is InChI=1S/C16H24BrNOS/c1-2-12(8-9-17)11-18-16(19)15-10-13-6-4-3-5-7-14(13)20-15/h10,12H,2-9,11H2,1H3,(H,18,19). The molecule has 1 aliphatic carbocycles. The number of nitrogens with one attached hydrogen (secondary N) is 1. The molecule has 112 valence electrons. The first-order valence-corrected chi connectivity index (χ1v) is 9.64. The molecule has 1 aliphatic rings. The minimum atomic E-state index is 0.121. The third-order valence-electron chi connectivity index (χ3n) is 4.12. The normalized spacial score (nSPS) is 16.3. The maximum Gasteiger partial charge on any atom is 0.261 e. The third-order valence-corrected chi connectivity index (χ3v) is 5.81. The van der Waals surface area contributed by atoms with E-state index in [1.807, 2.05) is 0 Å². The van der Waals surface area contributed by atoms with Gasteiger partial charge in [-0.25, -0.2) is 0 Å². The Morgan fingerprint density at radius 3 is 2.95 bits per heavy atom. The highest BCUT2D eigenvalue weighted by atomic mass is 79.9. The summed E-state index contributed by atoms with van der Waals surface area (Å²) in [5.41, 5.74) is 1.42. The summed E-state index contributed by atoms with van der Waals surface area (Å²) < 4.78 is 0. The van der Waals surface area contributed by atoms with Crippen LogP contribution in [0.2, 0.25) is 0 Å². The first-order chi connectivity index (χ1) is 9.74. The predicted octanol–water partition coefficient (Wildman–Crippen LogP) is 4.56. The van der Waals surface area contributed by atoms with Crippen LogP contribution in [0.1, 0.15) is 59.1 Å². The lowest BCUT2D eigenvalue weighted by atomic mass is 10.0. The summed E-state index contributed by atoms with van der Waals surface area (Å²) in [6.45, 7) is 2.98. The minimum absolute atomic E-state index is 0.121. The van der Waals surface area contributed by atoms with Gasteiger partial charge in [0.25, 0.3) is 5.91 Å². The van der Waals surface area contributed by atoms with E-state index >= 15 is 0 Å². The predicted molar refractivity (Wildman–Crippen MR) is 90.1 cm³/mol. The van der Waals surface area contributed by atoms with Crippen LogP contribution >= 0.6 is 27.3 Å². The summed E-state index contributed by atoms with van der Waals surface area (Å²) in [7, 11) is 0. The van der Waals surface area contributed by atoms with Crippen LogP contribution in [-0.2, 0) is 12.8 Å². The second-order valence-electron chi connectivity index (χ2n) is 5.58. The second-order valence-corrected chi connectivity index (χ2v) is 7.51. The summed E-state index contributed by atoms with van der Waals surface area (Å²) in [6.07, 6.45) is 8.43. The van der Waals surface area contributed by atoms with Crippen LogP contribution in [0.25, 0.3) is 0 Å². The number of halogens is 1. The molecule has 4 heteroatoms. The highest BCUT2D eigenvalue weighted by Crippen LogP contribution is 2.28. The van der Waals surface area contributed by atoms with E-state index in [0.717, 1.165) is 42.4 Å². The third kappa shape index (κ3) is 4.32. The molecule has 0 aliphatic heterocycles. The molecular formula is C16H24BrNOS. The molecule has 0 saturated carbocycles. The lowest BCUT2D eigenvalue weighted by molar-refractivity contribution is 0.0950. The molecule has 0 aromatic carbocycles. The van der Waals surface area contributed by atoms with Crippen LogP contribution in [0.4, 0.5) is 0 Å². The smallest absolute Gasteiger partial charge is 0.261 e. The van der Waals surface area contributed by atoms with Crippen molar-refractivity contribution in [1.82, 2.24) is 5.32 Å². The van der Waals surface area contributed by atoms with Crippen molar-refractivity contribution < 1.29 is 4.79 Å².